The lowest BCUT2D eigenvalue weighted by Gasteiger charge is -2.44. The minimum atomic E-state index is 0.0660. The molecule has 2 fully saturated rings. The second-order valence-corrected chi connectivity index (χ2v) is 9.00. The maximum atomic E-state index is 12.2. The van der Waals surface area contributed by atoms with Crippen molar-refractivity contribution in [1.82, 2.24) is 19.9 Å². The molecule has 2 amide bonds. The van der Waals surface area contributed by atoms with E-state index >= 15 is 0 Å². The molecule has 8 heteroatoms. The van der Waals surface area contributed by atoms with Crippen molar-refractivity contribution in [2.24, 2.45) is 5.92 Å². The third-order valence-corrected chi connectivity index (χ3v) is 6.36. The molecule has 2 atom stereocenters. The van der Waals surface area contributed by atoms with Gasteiger partial charge < -0.3 is 20.1 Å². The Morgan fingerprint density at radius 3 is 2.59 bits per heavy atom. The van der Waals surface area contributed by atoms with Crippen molar-refractivity contribution < 1.29 is 9.59 Å². The zero-order valence-electron chi connectivity index (χ0n) is 18.6. The van der Waals surface area contributed by atoms with Gasteiger partial charge in [-0.3, -0.25) is 9.59 Å². The van der Waals surface area contributed by atoms with Crippen molar-refractivity contribution in [1.29, 1.82) is 0 Å². The maximum Gasteiger partial charge on any atom is 0.227 e. The summed E-state index contributed by atoms with van der Waals surface area (Å²) in [6, 6.07) is 8.21. The van der Waals surface area contributed by atoms with E-state index in [1.807, 2.05) is 35.4 Å². The highest BCUT2D eigenvalue weighted by Crippen LogP contribution is 2.32. The van der Waals surface area contributed by atoms with Gasteiger partial charge in [0, 0.05) is 55.2 Å². The highest BCUT2D eigenvalue weighted by atomic mass is 16.2. The van der Waals surface area contributed by atoms with Crippen LogP contribution in [-0.4, -0.2) is 56.8 Å². The number of aromatic amines is 1. The van der Waals surface area contributed by atoms with Gasteiger partial charge >= 0.3 is 0 Å². The normalized spacial score (nSPS) is 21.1. The van der Waals surface area contributed by atoms with Crippen LogP contribution in [0.1, 0.15) is 33.6 Å². The topological polar surface area (TPSA) is 94.2 Å². The Morgan fingerprint density at radius 1 is 1.16 bits per heavy atom. The summed E-state index contributed by atoms with van der Waals surface area (Å²) in [5, 5.41) is 3.90. The van der Waals surface area contributed by atoms with E-state index in [1.165, 1.54) is 0 Å². The summed E-state index contributed by atoms with van der Waals surface area (Å²) < 4.78 is 0. The lowest BCUT2D eigenvalue weighted by molar-refractivity contribution is -0.133. The number of amides is 2. The maximum absolute atomic E-state index is 12.2. The number of pyridine rings is 2. The van der Waals surface area contributed by atoms with E-state index in [1.54, 1.807) is 13.1 Å². The number of carbonyl (C=O) groups excluding carboxylic acids is 2. The number of nitrogens with one attached hydrogen (secondary N) is 2. The van der Waals surface area contributed by atoms with Crippen LogP contribution in [-0.2, 0) is 9.59 Å². The largest absolute Gasteiger partial charge is 0.352 e. The third-order valence-electron chi connectivity index (χ3n) is 6.36. The molecular formula is C24H28N6O2. The van der Waals surface area contributed by atoms with Crippen molar-refractivity contribution in [3.63, 3.8) is 0 Å². The summed E-state index contributed by atoms with van der Waals surface area (Å²) in [7, 11) is 0. The minimum Gasteiger partial charge on any atom is -0.352 e. The molecule has 2 N–H and O–H groups in total. The van der Waals surface area contributed by atoms with E-state index in [4.69, 9.17) is 4.98 Å². The first-order chi connectivity index (χ1) is 15.4. The predicted octanol–water partition coefficient (Wildman–Crippen LogP) is 3.42. The summed E-state index contributed by atoms with van der Waals surface area (Å²) in [5.74, 6) is 1.21. The van der Waals surface area contributed by atoms with Gasteiger partial charge in [0.25, 0.3) is 0 Å². The molecule has 4 heterocycles. The van der Waals surface area contributed by atoms with Gasteiger partial charge in [0.05, 0.1) is 17.6 Å². The average molecular weight is 433 g/mol. The fourth-order valence-corrected chi connectivity index (χ4v) is 4.75. The second kappa shape index (κ2) is 7.93. The Bertz CT molecular complexity index is 1170. The number of carbonyl (C=O) groups is 2. The smallest absolute Gasteiger partial charge is 0.227 e. The van der Waals surface area contributed by atoms with Crippen LogP contribution in [0, 0.1) is 5.92 Å². The molecule has 166 valence electrons. The molecule has 0 aromatic carbocycles. The van der Waals surface area contributed by atoms with Crippen molar-refractivity contribution in [2.45, 2.75) is 45.7 Å². The molecule has 0 unspecified atom stereocenters. The summed E-state index contributed by atoms with van der Waals surface area (Å²) in [6.45, 7) is 7.28. The van der Waals surface area contributed by atoms with E-state index in [-0.39, 0.29) is 29.8 Å². The van der Waals surface area contributed by atoms with Crippen LogP contribution in [0.2, 0.25) is 0 Å². The van der Waals surface area contributed by atoms with Gasteiger partial charge in [-0.1, -0.05) is 6.07 Å². The van der Waals surface area contributed by atoms with Crippen LogP contribution in [0.15, 0.2) is 36.7 Å². The van der Waals surface area contributed by atoms with Gasteiger partial charge in [0.15, 0.2) is 0 Å². The number of H-pyrrole nitrogens is 1. The van der Waals surface area contributed by atoms with Gasteiger partial charge in [0.2, 0.25) is 11.8 Å². The first-order valence-electron chi connectivity index (χ1n) is 11.2. The molecule has 1 saturated heterocycles. The number of anilines is 2. The first kappa shape index (κ1) is 20.5. The summed E-state index contributed by atoms with van der Waals surface area (Å²) in [6.07, 6.45) is 5.52. The third kappa shape index (κ3) is 3.81. The number of fused-ring (bicyclic) bond motifs is 1. The number of rotatable bonds is 4. The predicted molar refractivity (Wildman–Crippen MR) is 124 cm³/mol. The highest BCUT2D eigenvalue weighted by Gasteiger charge is 2.32. The van der Waals surface area contributed by atoms with Gasteiger partial charge in [0.1, 0.15) is 11.5 Å². The molecule has 3 aromatic rings. The standard InChI is InChI=1S/C24H28N6O2/c1-14-12-29(13-15(2)30(14)16(3)31)22-6-4-5-21(28-22)20-11-26-23-19(20)9-18(10-25-23)27-24(32)17-7-8-17/h4-6,9-11,14-15,17H,7-8,12-13H2,1-3H3,(H,25,26)(H,27,32)/t14-,15+. The number of nitrogens with zero attached hydrogens (tertiary/aromatic N) is 4. The molecule has 5 rings (SSSR count). The molecule has 1 saturated carbocycles. The SMILES string of the molecule is CC(=O)N1[C@H](C)CN(c2cccc(-c3c[nH]c4ncc(NC(=O)C5CC5)cc34)n2)C[C@@H]1C. The fraction of sp³-hybridized carbons (Fsp3) is 0.417. The molecule has 0 radical (unpaired) electrons. The van der Waals surface area contributed by atoms with E-state index in [2.05, 4.69) is 34.0 Å². The molecule has 0 bridgehead atoms. The Balaban J connectivity index is 1.43. The Labute approximate surface area is 187 Å². The second-order valence-electron chi connectivity index (χ2n) is 9.00. The van der Waals surface area contributed by atoms with E-state index in [0.29, 0.717) is 5.69 Å². The number of aromatic nitrogens is 3. The van der Waals surface area contributed by atoms with Crippen LogP contribution in [0.25, 0.3) is 22.3 Å². The average Bonchev–Trinajstić information content (AvgIpc) is 3.53. The van der Waals surface area contributed by atoms with Crippen LogP contribution in [0.4, 0.5) is 11.5 Å². The van der Waals surface area contributed by atoms with Crippen LogP contribution in [0.5, 0.6) is 0 Å². The van der Waals surface area contributed by atoms with E-state index < -0.39 is 0 Å². The Kier molecular flexibility index (Phi) is 5.07. The zero-order valence-corrected chi connectivity index (χ0v) is 18.6. The summed E-state index contributed by atoms with van der Waals surface area (Å²) in [5.41, 5.74) is 3.25. The van der Waals surface area contributed by atoms with Gasteiger partial charge in [-0.25, -0.2) is 9.97 Å². The van der Waals surface area contributed by atoms with Gasteiger partial charge in [-0.2, -0.15) is 0 Å². The zero-order chi connectivity index (χ0) is 22.4. The van der Waals surface area contributed by atoms with Crippen LogP contribution >= 0.6 is 0 Å². The highest BCUT2D eigenvalue weighted by molar-refractivity contribution is 5.98. The number of hydrogen-bond acceptors (Lipinski definition) is 5. The van der Waals surface area contributed by atoms with Crippen LogP contribution < -0.4 is 10.2 Å². The first-order valence-corrected chi connectivity index (χ1v) is 11.2. The molecule has 2 aliphatic rings. The van der Waals surface area contributed by atoms with E-state index in [0.717, 1.165) is 54.0 Å². The van der Waals surface area contributed by atoms with Crippen molar-refractivity contribution >= 4 is 34.4 Å². The lowest BCUT2D eigenvalue weighted by atomic mass is 10.1. The van der Waals surface area contributed by atoms with Crippen molar-refractivity contribution in [2.75, 3.05) is 23.3 Å². The molecule has 3 aromatic heterocycles. The van der Waals surface area contributed by atoms with Crippen molar-refractivity contribution in [3.05, 3.63) is 36.7 Å². The Morgan fingerprint density at radius 2 is 1.91 bits per heavy atom. The molecule has 0 spiro atoms. The minimum absolute atomic E-state index is 0.0660. The monoisotopic (exact) mass is 432 g/mol. The quantitative estimate of drug-likeness (QED) is 0.659. The number of piperazine rings is 1. The summed E-state index contributed by atoms with van der Waals surface area (Å²) >= 11 is 0. The molecular weight excluding hydrogens is 404 g/mol. The molecule has 1 aliphatic carbocycles. The van der Waals surface area contributed by atoms with Crippen LogP contribution in [0.3, 0.4) is 0 Å². The molecule has 1 aliphatic heterocycles. The van der Waals surface area contributed by atoms with Gasteiger partial charge in [-0.05, 0) is 44.9 Å². The lowest BCUT2D eigenvalue weighted by Crippen LogP contribution is -2.58. The summed E-state index contributed by atoms with van der Waals surface area (Å²) in [4.78, 5) is 41.0. The van der Waals surface area contributed by atoms with Gasteiger partial charge in [-0.15, -0.1) is 0 Å². The van der Waals surface area contributed by atoms with E-state index in [9.17, 15) is 9.59 Å². The van der Waals surface area contributed by atoms with Crippen molar-refractivity contribution in [3.8, 4) is 11.3 Å². The number of hydrogen-bond donors (Lipinski definition) is 2. The fourth-order valence-electron chi connectivity index (χ4n) is 4.75. The Hall–Kier alpha value is -3.42. The molecule has 32 heavy (non-hydrogen) atoms. The molecule has 8 nitrogen and oxygen atoms in total.